The molecule has 1 N–H and O–H groups in total. The maximum atomic E-state index is 12.1. The Morgan fingerprint density at radius 1 is 1.29 bits per heavy atom. The number of nitrogens with zero attached hydrogens (tertiary/aromatic N) is 1. The second kappa shape index (κ2) is 8.93. The predicted octanol–water partition coefficient (Wildman–Crippen LogP) is 4.14. The lowest BCUT2D eigenvalue weighted by Crippen LogP contribution is -2.50. The molecular weight excluding hydrogens is 347 g/mol. The molecular formula is C18H26Cl2N2O2. The monoisotopic (exact) mass is 372 g/mol. The summed E-state index contributed by atoms with van der Waals surface area (Å²) < 4.78 is 5.60. The minimum atomic E-state index is 0.0777. The first-order valence-electron chi connectivity index (χ1n) is 8.45. The van der Waals surface area contributed by atoms with Gasteiger partial charge in [-0.1, -0.05) is 36.0 Å². The lowest BCUT2D eigenvalue weighted by molar-refractivity contribution is -0.121. The zero-order valence-corrected chi connectivity index (χ0v) is 15.9. The molecule has 1 amide bonds. The van der Waals surface area contributed by atoms with Gasteiger partial charge in [-0.25, -0.2) is 0 Å². The van der Waals surface area contributed by atoms with E-state index in [1.165, 1.54) is 12.8 Å². The molecule has 134 valence electrons. The number of benzene rings is 1. The second-order valence-electron chi connectivity index (χ2n) is 6.63. The molecule has 1 aromatic carbocycles. The van der Waals surface area contributed by atoms with Gasteiger partial charge in [-0.2, -0.15) is 0 Å². The molecule has 0 aromatic heterocycles. The minimum Gasteiger partial charge on any atom is -0.492 e. The number of nitrogens with one attached hydrogen (secondary N) is 1. The SMILES string of the molecule is CN(C)C1(CNC(=O)CCCOc2ccc(Cl)cc2Cl)CCCC1. The van der Waals surface area contributed by atoms with E-state index in [2.05, 4.69) is 24.3 Å². The smallest absolute Gasteiger partial charge is 0.220 e. The van der Waals surface area contributed by atoms with Crippen LogP contribution in [0.3, 0.4) is 0 Å². The summed E-state index contributed by atoms with van der Waals surface area (Å²) in [5.74, 6) is 0.674. The number of halogens is 2. The number of rotatable bonds is 8. The first-order chi connectivity index (χ1) is 11.4. The molecule has 24 heavy (non-hydrogen) atoms. The molecule has 1 aliphatic carbocycles. The van der Waals surface area contributed by atoms with E-state index in [4.69, 9.17) is 27.9 Å². The molecule has 0 atom stereocenters. The van der Waals surface area contributed by atoms with Gasteiger partial charge in [-0.05, 0) is 51.6 Å². The summed E-state index contributed by atoms with van der Waals surface area (Å²) in [5, 5.41) is 4.15. The van der Waals surface area contributed by atoms with Crippen LogP contribution >= 0.6 is 23.2 Å². The summed E-state index contributed by atoms with van der Waals surface area (Å²) in [6.45, 7) is 1.18. The van der Waals surface area contributed by atoms with Gasteiger partial charge in [0, 0.05) is 23.5 Å². The molecule has 6 heteroatoms. The van der Waals surface area contributed by atoms with Gasteiger partial charge in [0.2, 0.25) is 5.91 Å². The standard InChI is InChI=1S/C18H26Cl2N2O2/c1-22(2)18(9-3-4-10-18)13-21-17(23)6-5-11-24-16-8-7-14(19)12-15(16)20/h7-8,12H,3-6,9-11,13H2,1-2H3,(H,21,23). The Bertz CT molecular complexity index is 558. The van der Waals surface area contributed by atoms with E-state index in [0.29, 0.717) is 35.2 Å². The van der Waals surface area contributed by atoms with Gasteiger partial charge in [0.15, 0.2) is 0 Å². The minimum absolute atomic E-state index is 0.0777. The summed E-state index contributed by atoms with van der Waals surface area (Å²) in [5.41, 5.74) is 0.128. The molecule has 4 nitrogen and oxygen atoms in total. The van der Waals surface area contributed by atoms with E-state index in [-0.39, 0.29) is 11.4 Å². The number of hydrogen-bond acceptors (Lipinski definition) is 3. The molecule has 0 aliphatic heterocycles. The van der Waals surface area contributed by atoms with E-state index in [0.717, 1.165) is 19.4 Å². The van der Waals surface area contributed by atoms with Crippen LogP contribution in [0.1, 0.15) is 38.5 Å². The Balaban J connectivity index is 1.68. The largest absolute Gasteiger partial charge is 0.492 e. The Labute approximate surface area is 154 Å². The van der Waals surface area contributed by atoms with Gasteiger partial charge in [-0.15, -0.1) is 0 Å². The fourth-order valence-corrected chi connectivity index (χ4v) is 3.64. The zero-order chi connectivity index (χ0) is 17.6. The fourth-order valence-electron chi connectivity index (χ4n) is 3.17. The van der Waals surface area contributed by atoms with Crippen LogP contribution in [-0.2, 0) is 4.79 Å². The molecule has 1 fully saturated rings. The average Bonchev–Trinajstić information content (AvgIpc) is 3.01. The summed E-state index contributed by atoms with van der Waals surface area (Å²) >= 11 is 11.9. The molecule has 0 spiro atoms. The Morgan fingerprint density at radius 3 is 2.62 bits per heavy atom. The van der Waals surface area contributed by atoms with Gasteiger partial charge in [0.05, 0.1) is 11.6 Å². The number of amides is 1. The number of carbonyl (C=O) groups excluding carboxylic acids is 1. The second-order valence-corrected chi connectivity index (χ2v) is 7.47. The van der Waals surface area contributed by atoms with Crippen molar-refractivity contribution in [3.63, 3.8) is 0 Å². The van der Waals surface area contributed by atoms with Gasteiger partial charge in [-0.3, -0.25) is 4.79 Å². The highest BCUT2D eigenvalue weighted by atomic mass is 35.5. The Morgan fingerprint density at radius 2 is 2.00 bits per heavy atom. The van der Waals surface area contributed by atoms with Crippen molar-refractivity contribution in [2.24, 2.45) is 0 Å². The van der Waals surface area contributed by atoms with Crippen LogP contribution in [0.4, 0.5) is 0 Å². The molecule has 0 heterocycles. The van der Waals surface area contributed by atoms with Crippen LogP contribution in [0.5, 0.6) is 5.75 Å². The quantitative estimate of drug-likeness (QED) is 0.697. The highest BCUT2D eigenvalue weighted by Crippen LogP contribution is 2.33. The highest BCUT2D eigenvalue weighted by molar-refractivity contribution is 6.35. The van der Waals surface area contributed by atoms with Crippen molar-refractivity contribution in [1.29, 1.82) is 0 Å². The summed E-state index contributed by atoms with van der Waals surface area (Å²) in [4.78, 5) is 14.3. The van der Waals surface area contributed by atoms with Crippen molar-refractivity contribution in [2.45, 2.75) is 44.1 Å². The van der Waals surface area contributed by atoms with Crippen LogP contribution in [-0.4, -0.2) is 43.6 Å². The molecule has 1 aromatic rings. The van der Waals surface area contributed by atoms with Gasteiger partial charge >= 0.3 is 0 Å². The predicted molar refractivity (Wildman–Crippen MR) is 99.1 cm³/mol. The highest BCUT2D eigenvalue weighted by Gasteiger charge is 2.35. The number of carbonyl (C=O) groups is 1. The molecule has 0 saturated heterocycles. The molecule has 1 aliphatic rings. The van der Waals surface area contributed by atoms with Crippen LogP contribution in [0.25, 0.3) is 0 Å². The molecule has 0 bridgehead atoms. The Kier molecular flexibility index (Phi) is 7.20. The average molecular weight is 373 g/mol. The molecule has 0 radical (unpaired) electrons. The topological polar surface area (TPSA) is 41.6 Å². The fraction of sp³-hybridized carbons (Fsp3) is 0.611. The van der Waals surface area contributed by atoms with Crippen molar-refractivity contribution < 1.29 is 9.53 Å². The lowest BCUT2D eigenvalue weighted by Gasteiger charge is -2.36. The van der Waals surface area contributed by atoms with Gasteiger partial charge in [0.25, 0.3) is 0 Å². The van der Waals surface area contributed by atoms with Crippen molar-refractivity contribution in [2.75, 3.05) is 27.2 Å². The molecule has 1 saturated carbocycles. The van der Waals surface area contributed by atoms with Crippen molar-refractivity contribution in [3.8, 4) is 5.75 Å². The summed E-state index contributed by atoms with van der Waals surface area (Å²) in [7, 11) is 4.20. The van der Waals surface area contributed by atoms with E-state index in [1.54, 1.807) is 18.2 Å². The third-order valence-electron chi connectivity index (χ3n) is 4.80. The van der Waals surface area contributed by atoms with Crippen LogP contribution in [0.2, 0.25) is 10.0 Å². The van der Waals surface area contributed by atoms with Gasteiger partial charge in [0.1, 0.15) is 5.75 Å². The lowest BCUT2D eigenvalue weighted by atomic mass is 9.96. The molecule has 0 unspecified atom stereocenters. The van der Waals surface area contributed by atoms with Crippen molar-refractivity contribution in [1.82, 2.24) is 10.2 Å². The van der Waals surface area contributed by atoms with Crippen molar-refractivity contribution in [3.05, 3.63) is 28.2 Å². The normalized spacial score (nSPS) is 16.4. The zero-order valence-electron chi connectivity index (χ0n) is 14.4. The van der Waals surface area contributed by atoms with Gasteiger partial charge < -0.3 is 15.0 Å². The van der Waals surface area contributed by atoms with E-state index >= 15 is 0 Å². The summed E-state index contributed by atoms with van der Waals surface area (Å²) in [6, 6.07) is 5.12. The first-order valence-corrected chi connectivity index (χ1v) is 9.20. The molecule has 2 rings (SSSR count). The van der Waals surface area contributed by atoms with E-state index in [1.807, 2.05) is 0 Å². The third-order valence-corrected chi connectivity index (χ3v) is 5.33. The number of hydrogen-bond donors (Lipinski definition) is 1. The van der Waals surface area contributed by atoms with Crippen LogP contribution in [0.15, 0.2) is 18.2 Å². The third kappa shape index (κ3) is 5.27. The van der Waals surface area contributed by atoms with Crippen LogP contribution < -0.4 is 10.1 Å². The van der Waals surface area contributed by atoms with E-state index in [9.17, 15) is 4.79 Å². The van der Waals surface area contributed by atoms with Crippen LogP contribution in [0, 0.1) is 0 Å². The summed E-state index contributed by atoms with van der Waals surface area (Å²) in [6.07, 6.45) is 5.89. The Hall–Kier alpha value is -0.970. The van der Waals surface area contributed by atoms with Crippen molar-refractivity contribution >= 4 is 29.1 Å². The first kappa shape index (κ1) is 19.4. The van der Waals surface area contributed by atoms with E-state index < -0.39 is 0 Å². The number of ether oxygens (including phenoxy) is 1. The maximum absolute atomic E-state index is 12.1. The number of likely N-dealkylation sites (N-methyl/N-ethyl adjacent to an activating group) is 1. The maximum Gasteiger partial charge on any atom is 0.220 e.